The lowest BCUT2D eigenvalue weighted by molar-refractivity contribution is -0.182. The van der Waals surface area contributed by atoms with E-state index in [0.717, 1.165) is 0 Å². The monoisotopic (exact) mass is 184 g/mol. The van der Waals surface area contributed by atoms with Crippen molar-refractivity contribution in [2.75, 3.05) is 6.54 Å². The van der Waals surface area contributed by atoms with Crippen LogP contribution in [0, 0.1) is 5.21 Å². The molecule has 0 radical (unpaired) electrons. The van der Waals surface area contributed by atoms with E-state index in [1.807, 2.05) is 5.32 Å². The van der Waals surface area contributed by atoms with Gasteiger partial charge in [-0.1, -0.05) is 0 Å². The lowest BCUT2D eigenvalue weighted by Crippen LogP contribution is -2.63. The smallest absolute Gasteiger partial charge is 0.406 e. The summed E-state index contributed by atoms with van der Waals surface area (Å²) in [7, 11) is 0. The van der Waals surface area contributed by atoms with Gasteiger partial charge in [0.1, 0.15) is 6.04 Å². The molecule has 1 unspecified atom stereocenters. The number of carbonyl (C=O) groups is 1. The number of carbonyl (C=O) groups excluding carboxylic acids is 1. The number of hydrogen-bond donors (Lipinski definition) is 2. The highest BCUT2D eigenvalue weighted by atomic mass is 19.4. The minimum atomic E-state index is -4.64. The van der Waals surface area contributed by atoms with E-state index in [1.165, 1.54) is 5.43 Å². The standard InChI is InChI=1S/C4H5F3N3O2/c5-4(6,7)2-1-8-3(11)9-10(2)12/h2H,1H2,(H2,8,9,11)/q-1. The van der Waals surface area contributed by atoms with E-state index in [1.54, 1.807) is 0 Å². The Morgan fingerprint density at radius 3 is 2.58 bits per heavy atom. The van der Waals surface area contributed by atoms with E-state index in [2.05, 4.69) is 0 Å². The molecule has 2 N–H and O–H groups in total. The first kappa shape index (κ1) is 9.07. The number of amides is 2. The number of hydroxylamine groups is 1. The molecule has 1 aliphatic rings. The number of alkyl halides is 3. The van der Waals surface area contributed by atoms with Crippen molar-refractivity contribution in [3.8, 4) is 0 Å². The Bertz CT molecular complexity index is 194. The zero-order valence-corrected chi connectivity index (χ0v) is 5.68. The Kier molecular flexibility index (Phi) is 2.11. The molecule has 8 heteroatoms. The van der Waals surface area contributed by atoms with E-state index >= 15 is 0 Å². The highest BCUT2D eigenvalue weighted by molar-refractivity contribution is 5.74. The Labute approximate surface area is 65.1 Å². The van der Waals surface area contributed by atoms with E-state index < -0.39 is 30.0 Å². The lowest BCUT2D eigenvalue weighted by atomic mass is 10.3. The molecule has 1 rings (SSSR count). The molecule has 0 bridgehead atoms. The van der Waals surface area contributed by atoms with Crippen molar-refractivity contribution >= 4 is 6.03 Å². The molecule has 0 aliphatic carbocycles. The number of hydrazine groups is 1. The van der Waals surface area contributed by atoms with Gasteiger partial charge in [-0.2, -0.15) is 13.2 Å². The third-order valence-corrected chi connectivity index (χ3v) is 1.33. The van der Waals surface area contributed by atoms with Crippen LogP contribution >= 0.6 is 0 Å². The van der Waals surface area contributed by atoms with Gasteiger partial charge < -0.3 is 10.5 Å². The zero-order valence-electron chi connectivity index (χ0n) is 5.68. The Morgan fingerprint density at radius 1 is 1.58 bits per heavy atom. The number of nitrogens with one attached hydrogen (secondary N) is 2. The second-order valence-electron chi connectivity index (χ2n) is 2.21. The fraction of sp³-hybridized carbons (Fsp3) is 0.750. The quantitative estimate of drug-likeness (QED) is 0.554. The zero-order chi connectivity index (χ0) is 9.35. The molecule has 0 spiro atoms. The predicted octanol–water partition coefficient (Wildman–Crippen LogP) is -0.0551. The SMILES string of the molecule is O=C1NCC(C(F)(F)F)N([O-])N1. The van der Waals surface area contributed by atoms with Crippen LogP contribution in [0.2, 0.25) is 0 Å². The van der Waals surface area contributed by atoms with Crippen LogP contribution in [0.5, 0.6) is 0 Å². The minimum absolute atomic E-state index is 0.501. The Morgan fingerprint density at radius 2 is 2.17 bits per heavy atom. The van der Waals surface area contributed by atoms with Crippen LogP contribution in [0.3, 0.4) is 0 Å². The summed E-state index contributed by atoms with van der Waals surface area (Å²) < 4.78 is 35.7. The molecule has 0 saturated carbocycles. The highest BCUT2D eigenvalue weighted by Crippen LogP contribution is 2.23. The summed E-state index contributed by atoms with van der Waals surface area (Å²) in [5.74, 6) is 0. The molecular formula is C4H5F3N3O2-. The predicted molar refractivity (Wildman–Crippen MR) is 31.6 cm³/mol. The van der Waals surface area contributed by atoms with Crippen molar-refractivity contribution in [2.45, 2.75) is 12.2 Å². The molecular weight excluding hydrogens is 179 g/mol. The third kappa shape index (κ3) is 1.77. The van der Waals surface area contributed by atoms with Gasteiger partial charge in [0.2, 0.25) is 0 Å². The second-order valence-corrected chi connectivity index (χ2v) is 2.21. The molecule has 0 aromatic heterocycles. The van der Waals surface area contributed by atoms with Crippen LogP contribution in [0.4, 0.5) is 18.0 Å². The number of nitrogens with zero attached hydrogens (tertiary/aromatic N) is 1. The molecule has 1 heterocycles. The van der Waals surface area contributed by atoms with Crippen molar-refractivity contribution < 1.29 is 18.0 Å². The molecule has 1 atom stereocenters. The maximum Gasteiger partial charge on any atom is 0.406 e. The van der Waals surface area contributed by atoms with Gasteiger partial charge in [-0.3, -0.25) is 10.6 Å². The summed E-state index contributed by atoms with van der Waals surface area (Å²) in [6.07, 6.45) is -4.64. The highest BCUT2D eigenvalue weighted by Gasteiger charge is 2.43. The summed E-state index contributed by atoms with van der Waals surface area (Å²) >= 11 is 0. The fourth-order valence-electron chi connectivity index (χ4n) is 0.738. The van der Waals surface area contributed by atoms with Gasteiger partial charge in [0, 0.05) is 6.54 Å². The molecule has 5 nitrogen and oxygen atoms in total. The Balaban J connectivity index is 2.62. The summed E-state index contributed by atoms with van der Waals surface area (Å²) in [5, 5.41) is 11.8. The van der Waals surface area contributed by atoms with Crippen LogP contribution < -0.4 is 10.7 Å². The minimum Gasteiger partial charge on any atom is -0.767 e. The van der Waals surface area contributed by atoms with E-state index in [0.29, 0.717) is 0 Å². The fourth-order valence-corrected chi connectivity index (χ4v) is 0.738. The lowest BCUT2D eigenvalue weighted by Gasteiger charge is -2.41. The molecule has 0 aromatic carbocycles. The van der Waals surface area contributed by atoms with Crippen molar-refractivity contribution in [2.24, 2.45) is 0 Å². The molecule has 2 amide bonds. The van der Waals surface area contributed by atoms with E-state index in [4.69, 9.17) is 0 Å². The van der Waals surface area contributed by atoms with Crippen molar-refractivity contribution in [3.63, 3.8) is 0 Å². The molecule has 0 aromatic rings. The summed E-state index contributed by atoms with van der Waals surface area (Å²) in [6, 6.07) is -3.14. The van der Waals surface area contributed by atoms with Gasteiger partial charge in [0.15, 0.2) is 0 Å². The van der Waals surface area contributed by atoms with Crippen LogP contribution in [-0.4, -0.2) is 30.0 Å². The normalized spacial score (nSPS) is 26.3. The first-order chi connectivity index (χ1) is 5.41. The number of urea groups is 1. The average Bonchev–Trinajstić information content (AvgIpc) is 1.83. The van der Waals surface area contributed by atoms with Crippen molar-refractivity contribution in [1.82, 2.24) is 15.9 Å². The van der Waals surface area contributed by atoms with Crippen LogP contribution in [-0.2, 0) is 0 Å². The van der Waals surface area contributed by atoms with Gasteiger partial charge in [0.25, 0.3) is 0 Å². The second kappa shape index (κ2) is 2.79. The largest absolute Gasteiger partial charge is 0.767 e. The van der Waals surface area contributed by atoms with Gasteiger partial charge in [-0.15, -0.1) is 0 Å². The molecule has 1 saturated heterocycles. The molecule has 1 aliphatic heterocycles. The van der Waals surface area contributed by atoms with Gasteiger partial charge in [-0.05, 0) is 0 Å². The Hall–Kier alpha value is -1.02. The maximum atomic E-state index is 11.9. The third-order valence-electron chi connectivity index (χ3n) is 1.33. The molecule has 1 fully saturated rings. The first-order valence-corrected chi connectivity index (χ1v) is 2.99. The summed E-state index contributed by atoms with van der Waals surface area (Å²) in [6.45, 7) is -0.723. The van der Waals surface area contributed by atoms with Crippen molar-refractivity contribution in [3.05, 3.63) is 5.21 Å². The average molecular weight is 184 g/mol. The van der Waals surface area contributed by atoms with Gasteiger partial charge >= 0.3 is 12.2 Å². The van der Waals surface area contributed by atoms with Gasteiger partial charge in [0.05, 0.1) is 0 Å². The van der Waals surface area contributed by atoms with Gasteiger partial charge in [-0.25, -0.2) is 4.79 Å². The van der Waals surface area contributed by atoms with Crippen LogP contribution in [0.1, 0.15) is 0 Å². The van der Waals surface area contributed by atoms with Crippen molar-refractivity contribution in [1.29, 1.82) is 0 Å². The number of rotatable bonds is 0. The molecule has 12 heavy (non-hydrogen) atoms. The first-order valence-electron chi connectivity index (χ1n) is 2.99. The van der Waals surface area contributed by atoms with Crippen LogP contribution in [0.25, 0.3) is 0 Å². The summed E-state index contributed by atoms with van der Waals surface area (Å²) in [4.78, 5) is 10.3. The summed E-state index contributed by atoms with van der Waals surface area (Å²) in [5.41, 5.74) is 1.44. The van der Waals surface area contributed by atoms with E-state index in [-0.39, 0.29) is 0 Å². The molecule has 70 valence electrons. The maximum absolute atomic E-state index is 11.9. The number of hydrogen-bond acceptors (Lipinski definition) is 3. The number of halogens is 3. The van der Waals surface area contributed by atoms with Crippen LogP contribution in [0.15, 0.2) is 0 Å². The van der Waals surface area contributed by atoms with E-state index in [9.17, 15) is 23.2 Å². The topological polar surface area (TPSA) is 67.4 Å².